The van der Waals surface area contributed by atoms with E-state index < -0.39 is 12.2 Å². The van der Waals surface area contributed by atoms with Crippen molar-refractivity contribution < 1.29 is 23.9 Å². The average Bonchev–Trinajstić information content (AvgIpc) is 2.75. The van der Waals surface area contributed by atoms with E-state index in [0.717, 1.165) is 5.01 Å². The van der Waals surface area contributed by atoms with Crippen molar-refractivity contribution in [2.45, 2.75) is 6.92 Å². The second kappa shape index (κ2) is 7.29. The molecule has 19 heavy (non-hydrogen) atoms. The van der Waals surface area contributed by atoms with Crippen LogP contribution in [0.25, 0.3) is 0 Å². The lowest BCUT2D eigenvalue weighted by Crippen LogP contribution is -2.44. The number of hydrogen-bond donors (Lipinski definition) is 2. The van der Waals surface area contributed by atoms with Crippen LogP contribution in [-0.4, -0.2) is 68.0 Å². The van der Waals surface area contributed by atoms with Gasteiger partial charge in [0.05, 0.1) is 13.2 Å². The molecule has 0 aromatic rings. The summed E-state index contributed by atoms with van der Waals surface area (Å²) < 4.78 is 9.49. The molecule has 1 fully saturated rings. The van der Waals surface area contributed by atoms with E-state index in [1.165, 1.54) is 11.9 Å². The molecule has 1 rings (SSSR count). The smallest absolute Gasteiger partial charge is 0.428 e. The molecule has 1 aliphatic heterocycles. The summed E-state index contributed by atoms with van der Waals surface area (Å²) in [5.74, 6) is 0. The molecular weight excluding hydrogens is 256 g/mol. The maximum atomic E-state index is 11.5. The van der Waals surface area contributed by atoms with Crippen LogP contribution in [0.3, 0.4) is 0 Å². The summed E-state index contributed by atoms with van der Waals surface area (Å²) in [6, 6.07) is -0.172. The molecule has 0 unspecified atom stereocenters. The van der Waals surface area contributed by atoms with Gasteiger partial charge in [-0.2, -0.15) is 0 Å². The lowest BCUT2D eigenvalue weighted by Gasteiger charge is -2.19. The molecule has 0 atom stereocenters. The van der Waals surface area contributed by atoms with Gasteiger partial charge in [-0.15, -0.1) is 0 Å². The van der Waals surface area contributed by atoms with Gasteiger partial charge in [-0.3, -0.25) is 0 Å². The number of carbonyl (C=O) groups excluding carboxylic acids is 3. The summed E-state index contributed by atoms with van der Waals surface area (Å²) in [6.45, 7) is 3.41. The van der Waals surface area contributed by atoms with Crippen molar-refractivity contribution in [3.05, 3.63) is 0 Å². The van der Waals surface area contributed by atoms with Crippen LogP contribution < -0.4 is 10.7 Å². The zero-order valence-corrected chi connectivity index (χ0v) is 11.0. The first kappa shape index (κ1) is 14.9. The highest BCUT2D eigenvalue weighted by Crippen LogP contribution is 1.96. The number of rotatable bonds is 4. The van der Waals surface area contributed by atoms with Crippen molar-refractivity contribution in [3.63, 3.8) is 0 Å². The number of amides is 4. The molecule has 0 aromatic heterocycles. The third-order valence-electron chi connectivity index (χ3n) is 2.34. The Bertz CT molecular complexity index is 349. The second-order valence-electron chi connectivity index (χ2n) is 3.72. The van der Waals surface area contributed by atoms with Crippen molar-refractivity contribution in [2.75, 3.05) is 39.9 Å². The molecule has 0 aromatic carbocycles. The lowest BCUT2D eigenvalue weighted by atomic mass is 10.5. The lowest BCUT2D eigenvalue weighted by molar-refractivity contribution is 0.0779. The van der Waals surface area contributed by atoms with Crippen molar-refractivity contribution in [2.24, 2.45) is 0 Å². The van der Waals surface area contributed by atoms with Gasteiger partial charge in [-0.25, -0.2) is 24.8 Å². The van der Waals surface area contributed by atoms with Crippen LogP contribution in [0, 0.1) is 0 Å². The predicted molar refractivity (Wildman–Crippen MR) is 64.2 cm³/mol. The number of nitrogens with one attached hydrogen (secondary N) is 2. The van der Waals surface area contributed by atoms with Crippen LogP contribution in [0.1, 0.15) is 6.92 Å². The van der Waals surface area contributed by atoms with Gasteiger partial charge >= 0.3 is 18.2 Å². The molecule has 1 saturated heterocycles. The predicted octanol–water partition coefficient (Wildman–Crippen LogP) is -0.259. The van der Waals surface area contributed by atoms with E-state index in [-0.39, 0.29) is 19.2 Å². The van der Waals surface area contributed by atoms with Gasteiger partial charge in [0.1, 0.15) is 6.61 Å². The Hall–Kier alpha value is -2.19. The van der Waals surface area contributed by atoms with Crippen LogP contribution in [0.4, 0.5) is 14.4 Å². The number of carbonyl (C=O) groups is 3. The minimum absolute atomic E-state index is 0.0566. The highest BCUT2D eigenvalue weighted by molar-refractivity contribution is 5.76. The molecule has 108 valence electrons. The molecule has 9 heteroatoms. The largest absolute Gasteiger partial charge is 0.449 e. The fourth-order valence-corrected chi connectivity index (χ4v) is 1.41. The molecule has 2 N–H and O–H groups in total. The normalized spacial score (nSPS) is 13.8. The van der Waals surface area contributed by atoms with Gasteiger partial charge in [-0.05, 0) is 6.92 Å². The maximum Gasteiger partial charge on any atom is 0.428 e. The van der Waals surface area contributed by atoms with Crippen LogP contribution in [0.2, 0.25) is 0 Å². The van der Waals surface area contributed by atoms with Crippen molar-refractivity contribution >= 4 is 18.2 Å². The molecule has 0 saturated carbocycles. The molecule has 0 spiro atoms. The van der Waals surface area contributed by atoms with Crippen LogP contribution >= 0.6 is 0 Å². The molecular formula is C10H18N4O5. The molecule has 1 heterocycles. The number of nitrogens with zero attached hydrogens (tertiary/aromatic N) is 2. The van der Waals surface area contributed by atoms with E-state index >= 15 is 0 Å². The third kappa shape index (κ3) is 4.90. The number of hydrogen-bond acceptors (Lipinski definition) is 5. The van der Waals surface area contributed by atoms with Gasteiger partial charge in [0.15, 0.2) is 0 Å². The number of ether oxygens (including phenoxy) is 2. The monoisotopic (exact) mass is 274 g/mol. The minimum Gasteiger partial charge on any atom is -0.449 e. The fraction of sp³-hybridized carbons (Fsp3) is 0.700. The zero-order chi connectivity index (χ0) is 14.3. The first-order valence-electron chi connectivity index (χ1n) is 5.91. The van der Waals surface area contributed by atoms with Gasteiger partial charge in [0.25, 0.3) is 0 Å². The van der Waals surface area contributed by atoms with Gasteiger partial charge in [-0.1, -0.05) is 0 Å². The molecule has 9 nitrogen and oxygen atoms in total. The molecule has 0 bridgehead atoms. The van der Waals surface area contributed by atoms with Gasteiger partial charge in [0.2, 0.25) is 0 Å². The molecule has 0 radical (unpaired) electrons. The highest BCUT2D eigenvalue weighted by Gasteiger charge is 2.20. The van der Waals surface area contributed by atoms with E-state index in [1.54, 1.807) is 6.92 Å². The molecule has 4 amide bonds. The van der Waals surface area contributed by atoms with E-state index in [1.807, 2.05) is 0 Å². The summed E-state index contributed by atoms with van der Waals surface area (Å²) in [5.41, 5.74) is 2.17. The summed E-state index contributed by atoms with van der Waals surface area (Å²) >= 11 is 0. The highest BCUT2D eigenvalue weighted by atomic mass is 16.6. The Morgan fingerprint density at radius 1 is 1.47 bits per heavy atom. The standard InChI is InChI=1S/C10H18N4O5/c1-3-18-9(16)12-13(2)10(17)19-7-6-14-5-4-11-8(14)15/h3-7H2,1-2H3,(H,11,15)(H,12,16). The number of urea groups is 1. The summed E-state index contributed by atoms with van der Waals surface area (Å²) in [5, 5.41) is 3.51. The minimum atomic E-state index is -0.735. The quantitative estimate of drug-likeness (QED) is 0.688. The van der Waals surface area contributed by atoms with E-state index in [9.17, 15) is 14.4 Å². The van der Waals surface area contributed by atoms with Crippen molar-refractivity contribution in [1.29, 1.82) is 0 Å². The molecule has 0 aliphatic carbocycles. The first-order chi connectivity index (χ1) is 9.04. The first-order valence-corrected chi connectivity index (χ1v) is 5.91. The van der Waals surface area contributed by atoms with E-state index in [0.29, 0.717) is 19.6 Å². The number of hydrazine groups is 1. The van der Waals surface area contributed by atoms with E-state index in [2.05, 4.69) is 15.5 Å². The Morgan fingerprint density at radius 2 is 2.21 bits per heavy atom. The maximum absolute atomic E-state index is 11.5. The summed E-state index contributed by atoms with van der Waals surface area (Å²) in [6.07, 6.45) is -1.46. The zero-order valence-electron chi connectivity index (χ0n) is 11.0. The third-order valence-corrected chi connectivity index (χ3v) is 2.34. The fourth-order valence-electron chi connectivity index (χ4n) is 1.41. The SMILES string of the molecule is CCOC(=O)NN(C)C(=O)OCCN1CCNC1=O. The second-order valence-corrected chi connectivity index (χ2v) is 3.72. The Morgan fingerprint density at radius 3 is 2.79 bits per heavy atom. The van der Waals surface area contributed by atoms with Crippen LogP contribution in [-0.2, 0) is 9.47 Å². The van der Waals surface area contributed by atoms with Crippen LogP contribution in [0.15, 0.2) is 0 Å². The Labute approximate surface area is 110 Å². The van der Waals surface area contributed by atoms with Gasteiger partial charge < -0.3 is 19.7 Å². The topological polar surface area (TPSA) is 100 Å². The van der Waals surface area contributed by atoms with Gasteiger partial charge in [0, 0.05) is 20.1 Å². The van der Waals surface area contributed by atoms with Crippen molar-refractivity contribution in [3.8, 4) is 0 Å². The van der Waals surface area contributed by atoms with E-state index in [4.69, 9.17) is 4.74 Å². The molecule has 1 aliphatic rings. The Kier molecular flexibility index (Phi) is 5.71. The average molecular weight is 274 g/mol. The summed E-state index contributed by atoms with van der Waals surface area (Å²) in [7, 11) is 1.34. The van der Waals surface area contributed by atoms with Crippen molar-refractivity contribution in [1.82, 2.24) is 20.7 Å². The summed E-state index contributed by atoms with van der Waals surface area (Å²) in [4.78, 5) is 35.2. The van der Waals surface area contributed by atoms with Crippen LogP contribution in [0.5, 0.6) is 0 Å². The Balaban J connectivity index is 2.19.